The zero-order valence-corrected chi connectivity index (χ0v) is 11.2. The van der Waals surface area contributed by atoms with Gasteiger partial charge in [-0.15, -0.1) is 0 Å². The van der Waals surface area contributed by atoms with E-state index < -0.39 is 6.10 Å². The van der Waals surface area contributed by atoms with Crippen molar-refractivity contribution in [1.29, 1.82) is 0 Å². The number of rotatable bonds is 4. The number of benzene rings is 2. The Labute approximate surface area is 113 Å². The van der Waals surface area contributed by atoms with Crippen molar-refractivity contribution in [2.45, 2.75) is 12.5 Å². The van der Waals surface area contributed by atoms with Crippen LogP contribution in [-0.4, -0.2) is 19.2 Å². The zero-order valence-electron chi connectivity index (χ0n) is 11.2. The van der Waals surface area contributed by atoms with Crippen LogP contribution in [-0.2, 0) is 6.42 Å². The highest BCUT2D eigenvalue weighted by atomic mass is 19.1. The molecule has 1 atom stereocenters. The summed E-state index contributed by atoms with van der Waals surface area (Å²) in [5.74, 6) is -0.272. The van der Waals surface area contributed by atoms with Gasteiger partial charge in [0, 0.05) is 26.2 Å². The van der Waals surface area contributed by atoms with Gasteiger partial charge in [-0.05, 0) is 35.4 Å². The van der Waals surface area contributed by atoms with Crippen LogP contribution < -0.4 is 4.90 Å². The van der Waals surface area contributed by atoms with Gasteiger partial charge in [0.05, 0.1) is 6.10 Å². The van der Waals surface area contributed by atoms with E-state index in [1.807, 2.05) is 49.3 Å². The molecule has 0 bridgehead atoms. The summed E-state index contributed by atoms with van der Waals surface area (Å²) in [6, 6.07) is 14.1. The summed E-state index contributed by atoms with van der Waals surface area (Å²) in [6.45, 7) is 0. The quantitative estimate of drug-likeness (QED) is 0.911. The average molecular weight is 259 g/mol. The van der Waals surface area contributed by atoms with Crippen molar-refractivity contribution >= 4 is 5.69 Å². The molecule has 100 valence electrons. The number of nitrogens with zero attached hydrogens (tertiary/aromatic N) is 1. The van der Waals surface area contributed by atoms with Crippen molar-refractivity contribution in [2.24, 2.45) is 0 Å². The molecule has 0 spiro atoms. The van der Waals surface area contributed by atoms with Crippen molar-refractivity contribution in [1.82, 2.24) is 0 Å². The lowest BCUT2D eigenvalue weighted by atomic mass is 10.0. The molecular weight excluding hydrogens is 241 g/mol. The van der Waals surface area contributed by atoms with Crippen LogP contribution in [0.15, 0.2) is 48.5 Å². The summed E-state index contributed by atoms with van der Waals surface area (Å²) in [7, 11) is 3.91. The van der Waals surface area contributed by atoms with Crippen molar-refractivity contribution < 1.29 is 9.50 Å². The summed E-state index contributed by atoms with van der Waals surface area (Å²) < 4.78 is 13.1. The third-order valence-corrected chi connectivity index (χ3v) is 3.09. The third-order valence-electron chi connectivity index (χ3n) is 3.09. The summed E-state index contributed by atoms with van der Waals surface area (Å²) in [5.41, 5.74) is 2.68. The normalized spacial score (nSPS) is 12.2. The average Bonchev–Trinajstić information content (AvgIpc) is 2.39. The van der Waals surface area contributed by atoms with Crippen LogP contribution in [0.1, 0.15) is 17.2 Å². The first-order chi connectivity index (χ1) is 9.06. The monoisotopic (exact) mass is 259 g/mol. The molecule has 0 aliphatic rings. The van der Waals surface area contributed by atoms with Gasteiger partial charge in [-0.1, -0.05) is 24.3 Å². The molecule has 2 rings (SSSR count). The minimum absolute atomic E-state index is 0.272. The second-order valence-electron chi connectivity index (χ2n) is 4.84. The molecule has 1 N–H and O–H groups in total. The molecule has 1 unspecified atom stereocenters. The standard InChI is InChI=1S/C16H18FNO/c1-18(2)15-8-4-6-13(11-15)16(19)10-12-5-3-7-14(17)9-12/h3-9,11,16,19H,10H2,1-2H3. The van der Waals surface area contributed by atoms with Gasteiger partial charge in [-0.3, -0.25) is 0 Å². The topological polar surface area (TPSA) is 23.5 Å². The Morgan fingerprint density at radius 1 is 1.11 bits per heavy atom. The summed E-state index contributed by atoms with van der Waals surface area (Å²) >= 11 is 0. The van der Waals surface area contributed by atoms with Crippen LogP contribution >= 0.6 is 0 Å². The molecule has 0 radical (unpaired) electrons. The van der Waals surface area contributed by atoms with Gasteiger partial charge in [-0.2, -0.15) is 0 Å². The van der Waals surface area contributed by atoms with E-state index >= 15 is 0 Å². The van der Waals surface area contributed by atoms with E-state index in [1.54, 1.807) is 6.07 Å². The lowest BCUT2D eigenvalue weighted by Crippen LogP contribution is -2.10. The summed E-state index contributed by atoms with van der Waals surface area (Å²) in [5, 5.41) is 10.2. The fourth-order valence-corrected chi connectivity index (χ4v) is 2.02. The SMILES string of the molecule is CN(C)c1cccc(C(O)Cc2cccc(F)c2)c1. The van der Waals surface area contributed by atoms with Crippen LogP contribution in [0.2, 0.25) is 0 Å². The Morgan fingerprint density at radius 2 is 1.84 bits per heavy atom. The third kappa shape index (κ3) is 3.55. The highest BCUT2D eigenvalue weighted by Crippen LogP contribution is 2.22. The molecule has 0 fully saturated rings. The van der Waals surface area contributed by atoms with Crippen LogP contribution in [0.25, 0.3) is 0 Å². The molecule has 2 nitrogen and oxygen atoms in total. The number of anilines is 1. The Morgan fingerprint density at radius 3 is 2.53 bits per heavy atom. The molecule has 0 saturated carbocycles. The maximum atomic E-state index is 13.1. The van der Waals surface area contributed by atoms with Gasteiger partial charge in [0.1, 0.15) is 5.82 Å². The molecule has 0 amide bonds. The van der Waals surface area contributed by atoms with Gasteiger partial charge >= 0.3 is 0 Å². The van der Waals surface area contributed by atoms with Crippen molar-refractivity contribution in [2.75, 3.05) is 19.0 Å². The molecule has 0 aliphatic carbocycles. The summed E-state index contributed by atoms with van der Waals surface area (Å²) in [6.07, 6.45) is -0.212. The lowest BCUT2D eigenvalue weighted by Gasteiger charge is -2.16. The second kappa shape index (κ2) is 5.85. The van der Waals surface area contributed by atoms with Crippen LogP contribution in [0.3, 0.4) is 0 Å². The number of aliphatic hydroxyl groups excluding tert-OH is 1. The molecule has 0 aliphatic heterocycles. The Bertz CT molecular complexity index is 554. The fraction of sp³-hybridized carbons (Fsp3) is 0.250. The Balaban J connectivity index is 2.15. The first-order valence-corrected chi connectivity index (χ1v) is 6.26. The predicted molar refractivity (Wildman–Crippen MR) is 75.8 cm³/mol. The smallest absolute Gasteiger partial charge is 0.123 e. The van der Waals surface area contributed by atoms with Gasteiger partial charge in [-0.25, -0.2) is 4.39 Å². The predicted octanol–water partition coefficient (Wildman–Crippen LogP) is 3.17. The van der Waals surface area contributed by atoms with Crippen molar-refractivity contribution in [3.63, 3.8) is 0 Å². The Hall–Kier alpha value is -1.87. The van der Waals surface area contributed by atoms with Crippen molar-refractivity contribution in [3.8, 4) is 0 Å². The first kappa shape index (κ1) is 13.6. The van der Waals surface area contributed by atoms with Gasteiger partial charge in [0.15, 0.2) is 0 Å². The number of hydrogen-bond donors (Lipinski definition) is 1. The van der Waals surface area contributed by atoms with Gasteiger partial charge in [0.25, 0.3) is 0 Å². The maximum absolute atomic E-state index is 13.1. The molecule has 0 saturated heterocycles. The van der Waals surface area contributed by atoms with E-state index in [4.69, 9.17) is 0 Å². The largest absolute Gasteiger partial charge is 0.388 e. The molecule has 19 heavy (non-hydrogen) atoms. The van der Waals surface area contributed by atoms with E-state index in [1.165, 1.54) is 12.1 Å². The van der Waals surface area contributed by atoms with Crippen LogP contribution in [0.4, 0.5) is 10.1 Å². The fourth-order valence-electron chi connectivity index (χ4n) is 2.02. The minimum atomic E-state index is -0.623. The van der Waals surface area contributed by atoms with Crippen LogP contribution in [0.5, 0.6) is 0 Å². The lowest BCUT2D eigenvalue weighted by molar-refractivity contribution is 0.178. The number of halogens is 1. The maximum Gasteiger partial charge on any atom is 0.123 e. The zero-order chi connectivity index (χ0) is 13.8. The molecule has 2 aromatic rings. The van der Waals surface area contributed by atoms with E-state index in [9.17, 15) is 9.50 Å². The van der Waals surface area contributed by atoms with Crippen LogP contribution in [0, 0.1) is 5.82 Å². The highest BCUT2D eigenvalue weighted by Gasteiger charge is 2.10. The second-order valence-corrected chi connectivity index (χ2v) is 4.84. The van der Waals surface area contributed by atoms with E-state index in [0.29, 0.717) is 6.42 Å². The van der Waals surface area contributed by atoms with E-state index in [-0.39, 0.29) is 5.82 Å². The molecule has 2 aromatic carbocycles. The number of hydrogen-bond acceptors (Lipinski definition) is 2. The number of aliphatic hydroxyl groups is 1. The first-order valence-electron chi connectivity index (χ1n) is 6.26. The highest BCUT2D eigenvalue weighted by molar-refractivity contribution is 5.47. The molecule has 3 heteroatoms. The Kier molecular flexibility index (Phi) is 4.17. The molecule has 0 heterocycles. The van der Waals surface area contributed by atoms with E-state index in [0.717, 1.165) is 16.8 Å². The van der Waals surface area contributed by atoms with Gasteiger partial charge in [0.2, 0.25) is 0 Å². The minimum Gasteiger partial charge on any atom is -0.388 e. The van der Waals surface area contributed by atoms with Gasteiger partial charge < -0.3 is 10.0 Å². The molecular formula is C16H18FNO. The van der Waals surface area contributed by atoms with Crippen molar-refractivity contribution in [3.05, 3.63) is 65.5 Å². The molecule has 0 aromatic heterocycles. The van der Waals surface area contributed by atoms with E-state index in [2.05, 4.69) is 0 Å². The summed E-state index contributed by atoms with van der Waals surface area (Å²) in [4.78, 5) is 1.98.